The van der Waals surface area contributed by atoms with Crippen LogP contribution >= 0.6 is 0 Å². The van der Waals surface area contributed by atoms with Crippen molar-refractivity contribution in [2.45, 2.75) is 51.6 Å². The Hall–Kier alpha value is -0.603. The van der Waals surface area contributed by atoms with Crippen molar-refractivity contribution in [2.75, 3.05) is 0 Å². The molecule has 2 heteroatoms. The molecule has 1 N–H and O–H groups in total. The van der Waals surface area contributed by atoms with Crippen molar-refractivity contribution < 1.29 is 4.80 Å². The number of hydrogen-bond acceptors (Lipinski definition) is 1. The molecule has 0 aliphatic heterocycles. The lowest BCUT2D eigenvalue weighted by Crippen LogP contribution is -2.47. The largest absolute Gasteiger partial charge is 0.427 e. The molecular weight excluding hydrogens is 212 g/mol. The Morgan fingerprint density at radius 1 is 0.938 bits per heavy atom. The van der Waals surface area contributed by atoms with Gasteiger partial charge in [-0.25, -0.2) is 0 Å². The van der Waals surface area contributed by atoms with E-state index in [1.165, 1.54) is 18.0 Å². The van der Waals surface area contributed by atoms with Gasteiger partial charge in [-0.05, 0) is 17.3 Å². The summed E-state index contributed by atoms with van der Waals surface area (Å²) in [5, 5.41) is 1.22. The highest BCUT2D eigenvalue weighted by Gasteiger charge is 2.31. The predicted molar refractivity (Wildman–Crippen MR) is 73.5 cm³/mol. The zero-order valence-electron chi connectivity index (χ0n) is 10.6. The van der Waals surface area contributed by atoms with Crippen molar-refractivity contribution in [1.82, 2.24) is 0 Å². The molecule has 0 radical (unpaired) electrons. The molecule has 0 saturated carbocycles. The zero-order chi connectivity index (χ0) is 11.9. The second-order valence-electron chi connectivity index (χ2n) is 4.60. The summed E-state index contributed by atoms with van der Waals surface area (Å²) in [4.78, 5) is 10.9. The summed E-state index contributed by atoms with van der Waals surface area (Å²) in [6.45, 7) is 4.39. The van der Waals surface area contributed by atoms with Crippen LogP contribution in [0.25, 0.3) is 0 Å². The molecule has 0 aliphatic rings. The van der Waals surface area contributed by atoms with E-state index in [9.17, 15) is 4.80 Å². The molecule has 1 rings (SSSR count). The lowest BCUT2D eigenvalue weighted by Gasteiger charge is -2.25. The Morgan fingerprint density at radius 3 is 1.88 bits per heavy atom. The third-order valence-electron chi connectivity index (χ3n) is 3.20. The number of unbranched alkanes of at least 4 members (excludes halogenated alkanes) is 2. The van der Waals surface area contributed by atoms with E-state index in [1.54, 1.807) is 0 Å². The first-order valence-corrected chi connectivity index (χ1v) is 8.87. The van der Waals surface area contributed by atoms with E-state index in [0.29, 0.717) is 0 Å². The Bertz CT molecular complexity index is 276. The highest BCUT2D eigenvalue weighted by molar-refractivity contribution is 6.85. The van der Waals surface area contributed by atoms with Crippen LogP contribution in [0.1, 0.15) is 39.5 Å². The van der Waals surface area contributed by atoms with Gasteiger partial charge in [0.1, 0.15) is 0 Å². The minimum Gasteiger partial charge on any atom is -0.427 e. The molecule has 0 spiro atoms. The average molecular weight is 236 g/mol. The van der Waals surface area contributed by atoms with Gasteiger partial charge < -0.3 is 4.80 Å². The third-order valence-corrected chi connectivity index (χ3v) is 6.97. The monoisotopic (exact) mass is 236 g/mol. The second-order valence-corrected chi connectivity index (χ2v) is 8.25. The summed E-state index contributed by atoms with van der Waals surface area (Å²) in [5.74, 6) is 0. The van der Waals surface area contributed by atoms with Crippen LogP contribution < -0.4 is 5.19 Å². The van der Waals surface area contributed by atoms with Gasteiger partial charge in [-0.2, -0.15) is 0 Å². The number of benzene rings is 1. The van der Waals surface area contributed by atoms with Gasteiger partial charge in [0, 0.05) is 0 Å². The molecule has 0 atom stereocenters. The van der Waals surface area contributed by atoms with E-state index >= 15 is 0 Å². The molecule has 0 saturated heterocycles. The van der Waals surface area contributed by atoms with Crippen LogP contribution in [0.15, 0.2) is 30.3 Å². The molecule has 1 aromatic rings. The first kappa shape index (κ1) is 13.5. The lowest BCUT2D eigenvalue weighted by atomic mass is 10.4. The van der Waals surface area contributed by atoms with Gasteiger partial charge in [-0.1, -0.05) is 69.9 Å². The molecule has 90 valence electrons. The van der Waals surface area contributed by atoms with Crippen molar-refractivity contribution in [3.8, 4) is 0 Å². The van der Waals surface area contributed by atoms with Crippen LogP contribution in [0.4, 0.5) is 0 Å². The van der Waals surface area contributed by atoms with Gasteiger partial charge in [-0.3, -0.25) is 0 Å². The molecule has 0 fully saturated rings. The predicted octanol–water partition coefficient (Wildman–Crippen LogP) is 3.43. The van der Waals surface area contributed by atoms with Crippen LogP contribution in [-0.4, -0.2) is 13.1 Å². The van der Waals surface area contributed by atoms with E-state index in [4.69, 9.17) is 0 Å². The van der Waals surface area contributed by atoms with Crippen LogP contribution in [0.5, 0.6) is 0 Å². The van der Waals surface area contributed by atoms with Crippen LogP contribution in [-0.2, 0) is 0 Å². The fraction of sp³-hybridized carbons (Fsp3) is 0.571. The molecular formula is C14H24OSi. The topological polar surface area (TPSA) is 20.2 Å². The minimum absolute atomic E-state index is 1.02. The maximum absolute atomic E-state index is 10.9. The van der Waals surface area contributed by atoms with Gasteiger partial charge in [-0.15, -0.1) is 0 Å². The Morgan fingerprint density at radius 2 is 1.44 bits per heavy atom. The first-order chi connectivity index (χ1) is 7.73. The second kappa shape index (κ2) is 6.87. The maximum Gasteiger partial charge on any atom is 0.220 e. The van der Waals surface area contributed by atoms with Crippen molar-refractivity contribution in [3.05, 3.63) is 30.3 Å². The SMILES string of the molecule is CCCC[Si](O)(CCCC)c1ccccc1. The molecule has 0 amide bonds. The van der Waals surface area contributed by atoms with E-state index in [-0.39, 0.29) is 0 Å². The van der Waals surface area contributed by atoms with Crippen molar-refractivity contribution in [2.24, 2.45) is 0 Å². The fourth-order valence-electron chi connectivity index (χ4n) is 2.10. The molecule has 0 heterocycles. The Labute approximate surface area is 101 Å². The van der Waals surface area contributed by atoms with Gasteiger partial charge >= 0.3 is 0 Å². The van der Waals surface area contributed by atoms with Crippen molar-refractivity contribution in [1.29, 1.82) is 0 Å². The van der Waals surface area contributed by atoms with Gasteiger partial charge in [0.2, 0.25) is 8.32 Å². The zero-order valence-corrected chi connectivity index (χ0v) is 11.6. The summed E-state index contributed by atoms with van der Waals surface area (Å²) in [6.07, 6.45) is 4.66. The molecule has 1 nitrogen and oxygen atoms in total. The Kier molecular flexibility index (Phi) is 5.78. The van der Waals surface area contributed by atoms with E-state index in [0.717, 1.165) is 24.9 Å². The first-order valence-electron chi connectivity index (χ1n) is 6.51. The number of rotatable bonds is 7. The molecule has 1 aromatic carbocycles. The van der Waals surface area contributed by atoms with E-state index in [2.05, 4.69) is 26.0 Å². The van der Waals surface area contributed by atoms with Crippen molar-refractivity contribution >= 4 is 13.5 Å². The van der Waals surface area contributed by atoms with Crippen LogP contribution in [0.3, 0.4) is 0 Å². The molecule has 16 heavy (non-hydrogen) atoms. The summed E-state index contributed by atoms with van der Waals surface area (Å²) in [6, 6.07) is 12.4. The minimum atomic E-state index is -2.17. The Balaban J connectivity index is 2.77. The lowest BCUT2D eigenvalue weighted by molar-refractivity contribution is 0.534. The summed E-state index contributed by atoms with van der Waals surface area (Å²) in [5.41, 5.74) is 0. The van der Waals surface area contributed by atoms with Crippen molar-refractivity contribution in [3.63, 3.8) is 0 Å². The van der Waals surface area contributed by atoms with E-state index < -0.39 is 8.32 Å². The van der Waals surface area contributed by atoms with Gasteiger partial charge in [0.05, 0.1) is 0 Å². The molecule has 0 aromatic heterocycles. The summed E-state index contributed by atoms with van der Waals surface area (Å²) < 4.78 is 0. The highest BCUT2D eigenvalue weighted by Crippen LogP contribution is 2.19. The average Bonchev–Trinajstić information content (AvgIpc) is 2.35. The smallest absolute Gasteiger partial charge is 0.220 e. The summed E-state index contributed by atoms with van der Waals surface area (Å²) >= 11 is 0. The molecule has 0 aliphatic carbocycles. The van der Waals surface area contributed by atoms with Gasteiger partial charge in [0.25, 0.3) is 0 Å². The normalized spacial score (nSPS) is 11.7. The summed E-state index contributed by atoms with van der Waals surface area (Å²) in [7, 11) is -2.17. The number of hydrogen-bond donors (Lipinski definition) is 1. The quantitative estimate of drug-likeness (QED) is 0.719. The fourth-order valence-corrected chi connectivity index (χ4v) is 5.62. The molecule has 0 bridgehead atoms. The highest BCUT2D eigenvalue weighted by atomic mass is 28.4. The third kappa shape index (κ3) is 3.76. The van der Waals surface area contributed by atoms with E-state index in [1.807, 2.05) is 18.2 Å². The maximum atomic E-state index is 10.9. The van der Waals surface area contributed by atoms with Crippen LogP contribution in [0.2, 0.25) is 12.1 Å². The van der Waals surface area contributed by atoms with Crippen LogP contribution in [0, 0.1) is 0 Å². The molecule has 0 unspecified atom stereocenters. The standard InChI is InChI=1S/C14H24OSi/c1-3-5-12-16(15,13-6-4-2)14-10-8-7-9-11-14/h7-11,15H,3-6,12-13H2,1-2H3. The van der Waals surface area contributed by atoms with Gasteiger partial charge in [0.15, 0.2) is 0 Å².